The topological polar surface area (TPSA) is 69.2 Å². The minimum absolute atomic E-state index is 0.00845. The van der Waals surface area contributed by atoms with Crippen molar-refractivity contribution in [3.63, 3.8) is 0 Å². The molecule has 1 heterocycles. The second-order valence-corrected chi connectivity index (χ2v) is 3.81. The van der Waals surface area contributed by atoms with Gasteiger partial charge in [-0.2, -0.15) is 0 Å². The van der Waals surface area contributed by atoms with Crippen LogP contribution in [0.4, 0.5) is 5.82 Å². The molecule has 1 rings (SSSR count). The van der Waals surface area contributed by atoms with Crippen LogP contribution in [0, 0.1) is 0 Å². The number of aliphatic hydroxyl groups excluding tert-OH is 1. The molecule has 90 valence electrons. The van der Waals surface area contributed by atoms with E-state index in [0.717, 1.165) is 19.4 Å². The lowest BCUT2D eigenvalue weighted by Gasteiger charge is -2.22. The summed E-state index contributed by atoms with van der Waals surface area (Å²) in [6.45, 7) is 3.24. The summed E-state index contributed by atoms with van der Waals surface area (Å²) in [7, 11) is 0. The van der Waals surface area contributed by atoms with Crippen LogP contribution in [0.15, 0.2) is 11.1 Å². The van der Waals surface area contributed by atoms with Gasteiger partial charge in [-0.3, -0.25) is 4.79 Å². The molecular weight excluding hydrogens is 230 g/mol. The minimum atomic E-state index is -0.355. The predicted octanol–water partition coefficient (Wildman–Crippen LogP) is 1.02. The smallest absolute Gasteiger partial charge is 0.271 e. The Kier molecular flexibility index (Phi) is 5.28. The van der Waals surface area contributed by atoms with Crippen molar-refractivity contribution in [3.05, 3.63) is 21.7 Å². The molecule has 0 amide bonds. The van der Waals surface area contributed by atoms with E-state index in [1.807, 2.05) is 4.90 Å². The van der Waals surface area contributed by atoms with Gasteiger partial charge < -0.3 is 15.0 Å². The Morgan fingerprint density at radius 1 is 1.56 bits per heavy atom. The zero-order valence-corrected chi connectivity index (χ0v) is 10.00. The van der Waals surface area contributed by atoms with E-state index >= 15 is 0 Å². The van der Waals surface area contributed by atoms with E-state index in [4.69, 9.17) is 16.7 Å². The molecule has 0 spiro atoms. The molecule has 0 unspecified atom stereocenters. The van der Waals surface area contributed by atoms with Crippen LogP contribution in [0.5, 0.6) is 0 Å². The number of aliphatic hydroxyl groups is 1. The molecule has 0 fully saturated rings. The summed E-state index contributed by atoms with van der Waals surface area (Å²) in [6.07, 6.45) is 3.31. The summed E-state index contributed by atoms with van der Waals surface area (Å²) in [4.78, 5) is 19.6. The maximum Gasteiger partial charge on any atom is 0.271 e. The normalized spacial score (nSPS) is 10.4. The van der Waals surface area contributed by atoms with Crippen LogP contribution in [0.25, 0.3) is 0 Å². The molecule has 0 bridgehead atoms. The van der Waals surface area contributed by atoms with Crippen LogP contribution in [0.3, 0.4) is 0 Å². The van der Waals surface area contributed by atoms with Gasteiger partial charge in [0.15, 0.2) is 5.82 Å². The Labute approximate surface area is 99.1 Å². The quantitative estimate of drug-likeness (QED) is 0.785. The molecule has 0 aromatic carbocycles. The fourth-order valence-electron chi connectivity index (χ4n) is 1.39. The highest BCUT2D eigenvalue weighted by Crippen LogP contribution is 2.18. The second-order valence-electron chi connectivity index (χ2n) is 3.43. The van der Waals surface area contributed by atoms with E-state index in [1.165, 1.54) is 6.33 Å². The van der Waals surface area contributed by atoms with Gasteiger partial charge in [0.25, 0.3) is 5.56 Å². The Hall–Kier alpha value is -1.07. The number of anilines is 1. The summed E-state index contributed by atoms with van der Waals surface area (Å²) < 4.78 is 0. The van der Waals surface area contributed by atoms with Crippen LogP contribution < -0.4 is 10.5 Å². The molecule has 0 atom stereocenters. The third-order valence-electron chi connectivity index (χ3n) is 2.23. The SMILES string of the molecule is CCCCN(CCO)c1nc[nH]c(=O)c1Cl. The lowest BCUT2D eigenvalue weighted by Crippen LogP contribution is -2.30. The van der Waals surface area contributed by atoms with Gasteiger partial charge in [0.05, 0.1) is 12.9 Å². The molecule has 5 nitrogen and oxygen atoms in total. The summed E-state index contributed by atoms with van der Waals surface area (Å²) in [6, 6.07) is 0. The minimum Gasteiger partial charge on any atom is -0.395 e. The molecule has 0 saturated heterocycles. The summed E-state index contributed by atoms with van der Waals surface area (Å²) in [5.41, 5.74) is -0.355. The first-order valence-electron chi connectivity index (χ1n) is 5.29. The van der Waals surface area contributed by atoms with Crippen molar-refractivity contribution in [2.45, 2.75) is 19.8 Å². The van der Waals surface area contributed by atoms with Gasteiger partial charge in [0, 0.05) is 13.1 Å². The monoisotopic (exact) mass is 245 g/mol. The Balaban J connectivity index is 2.91. The first-order valence-corrected chi connectivity index (χ1v) is 5.67. The molecule has 0 aliphatic carbocycles. The fourth-order valence-corrected chi connectivity index (χ4v) is 1.61. The van der Waals surface area contributed by atoms with Gasteiger partial charge in [-0.15, -0.1) is 0 Å². The van der Waals surface area contributed by atoms with Crippen molar-refractivity contribution in [3.8, 4) is 0 Å². The van der Waals surface area contributed by atoms with E-state index in [2.05, 4.69) is 16.9 Å². The third-order valence-corrected chi connectivity index (χ3v) is 2.57. The molecular formula is C10H16ClN3O2. The molecule has 1 aromatic rings. The number of aromatic amines is 1. The number of H-pyrrole nitrogens is 1. The molecule has 6 heteroatoms. The lowest BCUT2D eigenvalue weighted by atomic mass is 10.3. The maximum absolute atomic E-state index is 11.3. The van der Waals surface area contributed by atoms with E-state index in [-0.39, 0.29) is 17.2 Å². The molecule has 0 saturated carbocycles. The van der Waals surface area contributed by atoms with Crippen LogP contribution >= 0.6 is 11.6 Å². The van der Waals surface area contributed by atoms with Crippen molar-refractivity contribution in [2.75, 3.05) is 24.6 Å². The highest BCUT2D eigenvalue weighted by molar-refractivity contribution is 6.32. The Bertz CT molecular complexity index is 381. The number of rotatable bonds is 6. The van der Waals surface area contributed by atoms with Crippen LogP contribution in [0.1, 0.15) is 19.8 Å². The highest BCUT2D eigenvalue weighted by atomic mass is 35.5. The predicted molar refractivity (Wildman–Crippen MR) is 64.1 cm³/mol. The number of hydrogen-bond acceptors (Lipinski definition) is 4. The molecule has 2 N–H and O–H groups in total. The van der Waals surface area contributed by atoms with Crippen LogP contribution in [-0.2, 0) is 0 Å². The zero-order valence-electron chi connectivity index (χ0n) is 9.24. The highest BCUT2D eigenvalue weighted by Gasteiger charge is 2.13. The average molecular weight is 246 g/mol. The summed E-state index contributed by atoms with van der Waals surface area (Å²) >= 11 is 5.87. The average Bonchev–Trinajstić information content (AvgIpc) is 2.28. The number of halogens is 1. The van der Waals surface area contributed by atoms with Crippen molar-refractivity contribution in [1.29, 1.82) is 0 Å². The zero-order chi connectivity index (χ0) is 12.0. The largest absolute Gasteiger partial charge is 0.395 e. The Morgan fingerprint density at radius 2 is 2.31 bits per heavy atom. The molecule has 0 radical (unpaired) electrons. The third kappa shape index (κ3) is 3.21. The van der Waals surface area contributed by atoms with Crippen LogP contribution in [0.2, 0.25) is 5.02 Å². The van der Waals surface area contributed by atoms with E-state index < -0.39 is 0 Å². The van der Waals surface area contributed by atoms with Crippen molar-refractivity contribution < 1.29 is 5.11 Å². The van der Waals surface area contributed by atoms with Gasteiger partial charge in [0.1, 0.15) is 5.02 Å². The number of nitrogens with zero attached hydrogens (tertiary/aromatic N) is 2. The van der Waals surface area contributed by atoms with Crippen LogP contribution in [-0.4, -0.2) is 34.8 Å². The number of hydrogen-bond donors (Lipinski definition) is 2. The summed E-state index contributed by atoms with van der Waals surface area (Å²) in [5, 5.41) is 9.04. The second kappa shape index (κ2) is 6.50. The molecule has 0 aliphatic heterocycles. The van der Waals surface area contributed by atoms with Gasteiger partial charge in [-0.05, 0) is 6.42 Å². The van der Waals surface area contributed by atoms with Gasteiger partial charge in [0.2, 0.25) is 0 Å². The maximum atomic E-state index is 11.3. The van der Waals surface area contributed by atoms with Crippen molar-refractivity contribution in [1.82, 2.24) is 9.97 Å². The van der Waals surface area contributed by atoms with E-state index in [1.54, 1.807) is 0 Å². The number of unbranched alkanes of at least 4 members (excludes halogenated alkanes) is 1. The Morgan fingerprint density at radius 3 is 2.94 bits per heavy atom. The van der Waals surface area contributed by atoms with Crippen molar-refractivity contribution >= 4 is 17.4 Å². The standard InChI is InChI=1S/C10H16ClN3O2/c1-2-3-4-14(5-6-15)9-8(11)10(16)13-7-12-9/h7,15H,2-6H2,1H3,(H,12,13,16). The molecule has 16 heavy (non-hydrogen) atoms. The number of aromatic nitrogens is 2. The van der Waals surface area contributed by atoms with Crippen molar-refractivity contribution in [2.24, 2.45) is 0 Å². The lowest BCUT2D eigenvalue weighted by molar-refractivity contribution is 0.301. The first kappa shape index (κ1) is 13.0. The number of nitrogens with one attached hydrogen (secondary N) is 1. The molecule has 0 aliphatic rings. The van der Waals surface area contributed by atoms with Gasteiger partial charge in [-0.1, -0.05) is 24.9 Å². The summed E-state index contributed by atoms with van der Waals surface area (Å²) in [5.74, 6) is 0.438. The van der Waals surface area contributed by atoms with E-state index in [0.29, 0.717) is 12.4 Å². The van der Waals surface area contributed by atoms with Gasteiger partial charge >= 0.3 is 0 Å². The van der Waals surface area contributed by atoms with Gasteiger partial charge in [-0.25, -0.2) is 4.98 Å². The van der Waals surface area contributed by atoms with E-state index in [9.17, 15) is 4.79 Å². The fraction of sp³-hybridized carbons (Fsp3) is 0.600. The first-order chi connectivity index (χ1) is 7.70. The molecule has 1 aromatic heterocycles.